The highest BCUT2D eigenvalue weighted by atomic mass is 17.2. The van der Waals surface area contributed by atoms with Gasteiger partial charge in [0.15, 0.2) is 0 Å². The van der Waals surface area contributed by atoms with E-state index in [-0.39, 0.29) is 12.2 Å². The SMILES string of the molecule is C=C(C(=O)OOCC)C(N)C(C)O. The summed E-state index contributed by atoms with van der Waals surface area (Å²) in [5.41, 5.74) is 5.42. The summed E-state index contributed by atoms with van der Waals surface area (Å²) in [7, 11) is 0. The fourth-order valence-corrected chi connectivity index (χ4v) is 0.593. The Morgan fingerprint density at radius 3 is 2.62 bits per heavy atom. The highest BCUT2D eigenvalue weighted by molar-refractivity contribution is 5.88. The van der Waals surface area contributed by atoms with Crippen LogP contribution in [-0.2, 0) is 14.6 Å². The first-order valence-electron chi connectivity index (χ1n) is 3.97. The Bertz CT molecular complexity index is 191. The Labute approximate surface area is 77.1 Å². The van der Waals surface area contributed by atoms with Crippen molar-refractivity contribution in [2.45, 2.75) is 26.0 Å². The van der Waals surface area contributed by atoms with Crippen molar-refractivity contribution < 1.29 is 19.7 Å². The van der Waals surface area contributed by atoms with E-state index in [0.717, 1.165) is 0 Å². The molecule has 0 radical (unpaired) electrons. The average molecular weight is 189 g/mol. The van der Waals surface area contributed by atoms with E-state index >= 15 is 0 Å². The molecule has 2 unspecified atom stereocenters. The monoisotopic (exact) mass is 189 g/mol. The quantitative estimate of drug-likeness (QED) is 0.354. The van der Waals surface area contributed by atoms with Gasteiger partial charge in [-0.05, 0) is 13.8 Å². The molecule has 76 valence electrons. The molecule has 0 aliphatic rings. The molecule has 0 rings (SSSR count). The van der Waals surface area contributed by atoms with E-state index < -0.39 is 18.1 Å². The number of carbonyl (C=O) groups is 1. The van der Waals surface area contributed by atoms with Crippen molar-refractivity contribution in [3.05, 3.63) is 12.2 Å². The molecule has 0 aromatic carbocycles. The van der Waals surface area contributed by atoms with Crippen LogP contribution in [0.25, 0.3) is 0 Å². The first-order valence-corrected chi connectivity index (χ1v) is 3.97. The maximum Gasteiger partial charge on any atom is 0.370 e. The van der Waals surface area contributed by atoms with E-state index in [9.17, 15) is 4.79 Å². The summed E-state index contributed by atoms with van der Waals surface area (Å²) < 4.78 is 0. The lowest BCUT2D eigenvalue weighted by atomic mass is 10.1. The third-order valence-corrected chi connectivity index (χ3v) is 1.44. The van der Waals surface area contributed by atoms with Gasteiger partial charge in [0.25, 0.3) is 0 Å². The van der Waals surface area contributed by atoms with Crippen LogP contribution >= 0.6 is 0 Å². The summed E-state index contributed by atoms with van der Waals surface area (Å²) in [4.78, 5) is 19.7. The molecule has 13 heavy (non-hydrogen) atoms. The van der Waals surface area contributed by atoms with E-state index in [1.807, 2.05) is 0 Å². The summed E-state index contributed by atoms with van der Waals surface area (Å²) in [6.45, 7) is 6.78. The molecule has 0 aliphatic heterocycles. The number of aliphatic hydroxyl groups excluding tert-OH is 1. The van der Waals surface area contributed by atoms with E-state index in [2.05, 4.69) is 16.4 Å². The molecule has 0 spiro atoms. The van der Waals surface area contributed by atoms with Crippen LogP contribution in [0.5, 0.6) is 0 Å². The summed E-state index contributed by atoms with van der Waals surface area (Å²) in [5, 5.41) is 9.03. The van der Waals surface area contributed by atoms with Gasteiger partial charge in [0.1, 0.15) is 0 Å². The van der Waals surface area contributed by atoms with Crippen LogP contribution in [-0.4, -0.2) is 29.8 Å². The molecular weight excluding hydrogens is 174 g/mol. The second-order valence-electron chi connectivity index (χ2n) is 2.57. The van der Waals surface area contributed by atoms with Gasteiger partial charge in [0, 0.05) is 0 Å². The number of hydrogen-bond acceptors (Lipinski definition) is 5. The molecule has 0 aliphatic carbocycles. The van der Waals surface area contributed by atoms with Gasteiger partial charge in [0.2, 0.25) is 0 Å². The minimum absolute atomic E-state index is 0.0107. The van der Waals surface area contributed by atoms with Gasteiger partial charge in [-0.15, -0.1) is 0 Å². The van der Waals surface area contributed by atoms with Gasteiger partial charge < -0.3 is 10.8 Å². The molecule has 0 aromatic heterocycles. The van der Waals surface area contributed by atoms with E-state index in [1.54, 1.807) is 6.92 Å². The Morgan fingerprint density at radius 1 is 1.69 bits per heavy atom. The molecular formula is C8H15NO4. The zero-order valence-corrected chi connectivity index (χ0v) is 7.82. The van der Waals surface area contributed by atoms with Crippen LogP contribution in [0.2, 0.25) is 0 Å². The van der Waals surface area contributed by atoms with Crippen molar-refractivity contribution in [2.24, 2.45) is 5.73 Å². The molecule has 3 N–H and O–H groups in total. The van der Waals surface area contributed by atoms with Crippen molar-refractivity contribution >= 4 is 5.97 Å². The number of hydrogen-bond donors (Lipinski definition) is 2. The van der Waals surface area contributed by atoms with Crippen molar-refractivity contribution in [1.82, 2.24) is 0 Å². The predicted molar refractivity (Wildman–Crippen MR) is 46.5 cm³/mol. The van der Waals surface area contributed by atoms with Crippen molar-refractivity contribution in [2.75, 3.05) is 6.61 Å². The summed E-state index contributed by atoms with van der Waals surface area (Å²) in [6.07, 6.45) is -0.846. The number of rotatable bonds is 5. The average Bonchev–Trinajstić information content (AvgIpc) is 2.11. The predicted octanol–water partition coefficient (Wildman–Crippen LogP) is -0.255. The first kappa shape index (κ1) is 12.1. The summed E-state index contributed by atoms with van der Waals surface area (Å²) >= 11 is 0. The van der Waals surface area contributed by atoms with Gasteiger partial charge >= 0.3 is 5.97 Å². The Hall–Kier alpha value is -0.910. The van der Waals surface area contributed by atoms with E-state index in [1.165, 1.54) is 6.92 Å². The van der Waals surface area contributed by atoms with E-state index in [0.29, 0.717) is 0 Å². The molecule has 0 saturated heterocycles. The molecule has 0 bridgehead atoms. The van der Waals surface area contributed by atoms with Gasteiger partial charge in [-0.3, -0.25) is 4.89 Å². The third kappa shape index (κ3) is 4.02. The molecule has 0 saturated carbocycles. The molecule has 5 heteroatoms. The van der Waals surface area contributed by atoms with Crippen molar-refractivity contribution in [3.63, 3.8) is 0 Å². The summed E-state index contributed by atoms with van der Waals surface area (Å²) in [5.74, 6) is -0.754. The number of aliphatic hydroxyl groups is 1. The van der Waals surface area contributed by atoms with Gasteiger partial charge in [-0.2, -0.15) is 4.89 Å². The van der Waals surface area contributed by atoms with Crippen LogP contribution in [0.15, 0.2) is 12.2 Å². The summed E-state index contributed by atoms with van der Waals surface area (Å²) in [6, 6.07) is -0.826. The maximum absolute atomic E-state index is 11.0. The molecule has 0 fully saturated rings. The lowest BCUT2D eigenvalue weighted by Gasteiger charge is -2.15. The minimum atomic E-state index is -0.846. The lowest BCUT2D eigenvalue weighted by Crippen LogP contribution is -2.37. The van der Waals surface area contributed by atoms with Gasteiger partial charge in [0.05, 0.1) is 24.3 Å². The largest absolute Gasteiger partial charge is 0.391 e. The van der Waals surface area contributed by atoms with Crippen LogP contribution in [0, 0.1) is 0 Å². The fraction of sp³-hybridized carbons (Fsp3) is 0.625. The smallest absolute Gasteiger partial charge is 0.370 e. The van der Waals surface area contributed by atoms with Crippen molar-refractivity contribution in [3.8, 4) is 0 Å². The molecule has 5 nitrogen and oxygen atoms in total. The second-order valence-corrected chi connectivity index (χ2v) is 2.57. The number of carbonyl (C=O) groups excluding carboxylic acids is 1. The standard InChI is InChI=1S/C8H15NO4/c1-4-12-13-8(11)5(2)7(9)6(3)10/h6-7,10H,2,4,9H2,1,3H3. The normalized spacial score (nSPS) is 14.8. The highest BCUT2D eigenvalue weighted by Gasteiger charge is 2.21. The zero-order chi connectivity index (χ0) is 10.4. The molecule has 2 atom stereocenters. The third-order valence-electron chi connectivity index (χ3n) is 1.44. The first-order chi connectivity index (χ1) is 6.00. The van der Waals surface area contributed by atoms with Crippen LogP contribution < -0.4 is 5.73 Å². The number of nitrogens with two attached hydrogens (primary N) is 1. The highest BCUT2D eigenvalue weighted by Crippen LogP contribution is 2.04. The Morgan fingerprint density at radius 2 is 2.23 bits per heavy atom. The van der Waals surface area contributed by atoms with Crippen molar-refractivity contribution in [1.29, 1.82) is 0 Å². The van der Waals surface area contributed by atoms with Crippen LogP contribution in [0.1, 0.15) is 13.8 Å². The fourth-order valence-electron chi connectivity index (χ4n) is 0.593. The molecule has 0 aromatic rings. The molecule has 0 heterocycles. The minimum Gasteiger partial charge on any atom is -0.391 e. The van der Waals surface area contributed by atoms with Crippen LogP contribution in [0.4, 0.5) is 0 Å². The topological polar surface area (TPSA) is 81.8 Å². The molecule has 0 amide bonds. The Kier molecular flexibility index (Phi) is 5.29. The Balaban J connectivity index is 4.02. The lowest BCUT2D eigenvalue weighted by molar-refractivity contribution is -0.265. The van der Waals surface area contributed by atoms with Gasteiger partial charge in [-0.1, -0.05) is 6.58 Å². The second kappa shape index (κ2) is 5.69. The van der Waals surface area contributed by atoms with E-state index in [4.69, 9.17) is 10.8 Å². The van der Waals surface area contributed by atoms with Gasteiger partial charge in [-0.25, -0.2) is 4.79 Å². The zero-order valence-electron chi connectivity index (χ0n) is 7.82. The van der Waals surface area contributed by atoms with Crippen LogP contribution in [0.3, 0.4) is 0 Å². The maximum atomic E-state index is 11.0.